The second kappa shape index (κ2) is 7.84. The predicted octanol–water partition coefficient (Wildman–Crippen LogP) is 5.23. The van der Waals surface area contributed by atoms with Crippen LogP contribution in [0.5, 0.6) is 5.75 Å². The van der Waals surface area contributed by atoms with E-state index in [1.807, 2.05) is 12.1 Å². The third-order valence-electron chi connectivity index (χ3n) is 3.87. The maximum Gasteiger partial charge on any atom is 0.280 e. The molecule has 6 nitrogen and oxygen atoms in total. The van der Waals surface area contributed by atoms with E-state index in [0.29, 0.717) is 27.2 Å². The lowest BCUT2D eigenvalue weighted by atomic mass is 10.2. The smallest absolute Gasteiger partial charge is 0.280 e. The number of ether oxygens (including phenoxy) is 1. The number of aromatic nitrogens is 1. The Labute approximate surface area is 169 Å². The van der Waals surface area contributed by atoms with Gasteiger partial charge in [0.25, 0.3) is 5.91 Å². The van der Waals surface area contributed by atoms with Crippen molar-refractivity contribution < 1.29 is 13.9 Å². The number of amides is 1. The molecule has 0 radical (unpaired) electrons. The molecule has 0 saturated heterocycles. The lowest BCUT2D eigenvalue weighted by Gasteiger charge is -2.14. The first-order valence-corrected chi connectivity index (χ1v) is 9.45. The van der Waals surface area contributed by atoms with Gasteiger partial charge in [0.15, 0.2) is 0 Å². The second-order valence-corrected chi connectivity index (χ2v) is 7.16. The Morgan fingerprint density at radius 3 is 2.93 bits per heavy atom. The molecule has 8 heteroatoms. The van der Waals surface area contributed by atoms with Gasteiger partial charge in [0.1, 0.15) is 11.5 Å². The summed E-state index contributed by atoms with van der Waals surface area (Å²) >= 11 is 7.39. The quantitative estimate of drug-likeness (QED) is 0.333. The normalized spacial score (nSPS) is 11.2. The Morgan fingerprint density at radius 2 is 2.14 bits per heavy atom. The van der Waals surface area contributed by atoms with Crippen LogP contribution >= 0.6 is 22.9 Å². The predicted molar refractivity (Wildman–Crippen MR) is 111 cm³/mol. The zero-order valence-electron chi connectivity index (χ0n) is 14.7. The van der Waals surface area contributed by atoms with Crippen molar-refractivity contribution in [3.8, 4) is 5.75 Å². The van der Waals surface area contributed by atoms with Gasteiger partial charge >= 0.3 is 0 Å². The van der Waals surface area contributed by atoms with E-state index in [4.69, 9.17) is 20.8 Å². The van der Waals surface area contributed by atoms with Gasteiger partial charge in [0, 0.05) is 10.6 Å². The average molecular weight is 412 g/mol. The highest BCUT2D eigenvalue weighted by atomic mass is 35.5. The summed E-state index contributed by atoms with van der Waals surface area (Å²) < 4.78 is 11.4. The number of carbonyl (C=O) groups excluding carboxylic acids is 1. The van der Waals surface area contributed by atoms with Crippen LogP contribution in [0.4, 0.5) is 5.13 Å². The average Bonchev–Trinajstić information content (AvgIpc) is 3.37. The van der Waals surface area contributed by atoms with Gasteiger partial charge in [-0.3, -0.25) is 4.79 Å². The van der Waals surface area contributed by atoms with Crippen molar-refractivity contribution in [1.29, 1.82) is 0 Å². The van der Waals surface area contributed by atoms with Crippen LogP contribution in [-0.4, -0.2) is 24.2 Å². The first kappa shape index (κ1) is 18.2. The van der Waals surface area contributed by atoms with Gasteiger partial charge in [0.05, 0.1) is 29.8 Å². The lowest BCUT2D eigenvalue weighted by Crippen LogP contribution is -2.25. The summed E-state index contributed by atoms with van der Waals surface area (Å²) in [7, 11) is 1.55. The number of anilines is 1. The van der Waals surface area contributed by atoms with E-state index in [2.05, 4.69) is 10.1 Å². The summed E-state index contributed by atoms with van der Waals surface area (Å²) in [4.78, 5) is 17.7. The molecule has 0 atom stereocenters. The summed E-state index contributed by atoms with van der Waals surface area (Å²) in [6.45, 7) is 0. The Hall–Kier alpha value is -3.16. The van der Waals surface area contributed by atoms with E-state index in [1.54, 1.807) is 49.6 Å². The lowest BCUT2D eigenvalue weighted by molar-refractivity contribution is 0.0987. The molecule has 1 amide bonds. The molecule has 0 spiro atoms. The number of methoxy groups -OCH3 is 1. The number of rotatable bonds is 5. The second-order valence-electron chi connectivity index (χ2n) is 5.72. The minimum atomic E-state index is -0.341. The number of nitrogens with zero attached hydrogens (tertiary/aromatic N) is 3. The molecule has 0 unspecified atom stereocenters. The monoisotopic (exact) mass is 411 g/mol. The number of furan rings is 1. The molecule has 2 heterocycles. The van der Waals surface area contributed by atoms with Crippen molar-refractivity contribution >= 4 is 50.4 Å². The van der Waals surface area contributed by atoms with Crippen LogP contribution in [0.15, 0.2) is 70.4 Å². The molecule has 4 aromatic rings. The molecule has 0 aliphatic carbocycles. The van der Waals surface area contributed by atoms with Crippen molar-refractivity contribution in [3.63, 3.8) is 0 Å². The van der Waals surface area contributed by atoms with Gasteiger partial charge in [-0.2, -0.15) is 10.1 Å². The van der Waals surface area contributed by atoms with Crippen LogP contribution in [0.1, 0.15) is 16.1 Å². The van der Waals surface area contributed by atoms with Crippen LogP contribution < -0.4 is 9.75 Å². The van der Waals surface area contributed by atoms with E-state index < -0.39 is 0 Å². The highest BCUT2D eigenvalue weighted by Gasteiger charge is 2.21. The fraction of sp³-hybridized carbons (Fsp3) is 0.0500. The summed E-state index contributed by atoms with van der Waals surface area (Å²) in [5.41, 5.74) is 1.16. The van der Waals surface area contributed by atoms with Crippen LogP contribution in [0.2, 0.25) is 5.02 Å². The molecular weight excluding hydrogens is 398 g/mol. The molecule has 0 aliphatic rings. The van der Waals surface area contributed by atoms with Crippen molar-refractivity contribution in [3.05, 3.63) is 77.2 Å². The Kier molecular flexibility index (Phi) is 5.10. The molecule has 2 aromatic heterocycles. The summed E-state index contributed by atoms with van der Waals surface area (Å²) in [5.74, 6) is 0.761. The largest absolute Gasteiger partial charge is 0.497 e. The van der Waals surface area contributed by atoms with Gasteiger partial charge in [-0.15, -0.1) is 0 Å². The van der Waals surface area contributed by atoms with Crippen LogP contribution in [0.25, 0.3) is 10.2 Å². The summed E-state index contributed by atoms with van der Waals surface area (Å²) in [6, 6.07) is 15.7. The number of hydrogen-bond acceptors (Lipinski definition) is 6. The standard InChI is InChI=1S/C20H14ClN3O3S/c1-26-15-5-2-4-13(10-15)19(25)24(22-12-16-6-3-9-27-16)20-23-17-8-7-14(21)11-18(17)28-20/h2-12H,1H3/b22-12+. The maximum atomic E-state index is 13.2. The fourth-order valence-electron chi connectivity index (χ4n) is 2.52. The molecule has 2 aromatic carbocycles. The Balaban J connectivity index is 1.76. The van der Waals surface area contributed by atoms with Gasteiger partial charge < -0.3 is 9.15 Å². The number of fused-ring (bicyclic) bond motifs is 1. The SMILES string of the molecule is COc1cccc(C(=O)N(/N=C/c2ccco2)c2nc3ccc(Cl)cc3s2)c1. The van der Waals surface area contributed by atoms with E-state index in [-0.39, 0.29) is 5.91 Å². The van der Waals surface area contributed by atoms with E-state index in [1.165, 1.54) is 28.8 Å². The molecule has 0 N–H and O–H groups in total. The molecule has 4 rings (SSSR count). The van der Waals surface area contributed by atoms with Crippen molar-refractivity contribution in [2.24, 2.45) is 5.10 Å². The topological polar surface area (TPSA) is 67.9 Å². The van der Waals surface area contributed by atoms with E-state index in [0.717, 1.165) is 10.2 Å². The number of carbonyl (C=O) groups is 1. The molecule has 0 fully saturated rings. The third kappa shape index (κ3) is 3.76. The third-order valence-corrected chi connectivity index (χ3v) is 5.10. The van der Waals surface area contributed by atoms with Gasteiger partial charge in [-0.1, -0.05) is 29.0 Å². The molecule has 0 bridgehead atoms. The van der Waals surface area contributed by atoms with Gasteiger partial charge in [-0.05, 0) is 48.5 Å². The summed E-state index contributed by atoms with van der Waals surface area (Å²) in [5, 5.41) is 6.60. The van der Waals surface area contributed by atoms with Gasteiger partial charge in [-0.25, -0.2) is 4.98 Å². The van der Waals surface area contributed by atoms with Crippen LogP contribution in [0.3, 0.4) is 0 Å². The minimum Gasteiger partial charge on any atom is -0.497 e. The number of hydrazone groups is 1. The number of thiazole rings is 1. The number of benzene rings is 2. The molecule has 140 valence electrons. The van der Waals surface area contributed by atoms with Gasteiger partial charge in [0.2, 0.25) is 5.13 Å². The highest BCUT2D eigenvalue weighted by molar-refractivity contribution is 7.22. The Morgan fingerprint density at radius 1 is 1.25 bits per heavy atom. The van der Waals surface area contributed by atoms with Crippen molar-refractivity contribution in [2.75, 3.05) is 12.1 Å². The number of hydrogen-bond donors (Lipinski definition) is 0. The van der Waals surface area contributed by atoms with E-state index in [9.17, 15) is 4.79 Å². The molecule has 0 saturated carbocycles. The number of halogens is 1. The first-order valence-electron chi connectivity index (χ1n) is 8.26. The molecular formula is C20H14ClN3O3S. The summed E-state index contributed by atoms with van der Waals surface area (Å²) in [6.07, 6.45) is 3.01. The molecule has 28 heavy (non-hydrogen) atoms. The maximum absolute atomic E-state index is 13.2. The zero-order chi connectivity index (χ0) is 19.5. The van der Waals surface area contributed by atoms with Crippen LogP contribution in [-0.2, 0) is 0 Å². The highest BCUT2D eigenvalue weighted by Crippen LogP contribution is 2.32. The fourth-order valence-corrected chi connectivity index (χ4v) is 3.72. The van der Waals surface area contributed by atoms with E-state index >= 15 is 0 Å². The molecule has 0 aliphatic heterocycles. The van der Waals surface area contributed by atoms with Crippen molar-refractivity contribution in [1.82, 2.24) is 4.98 Å². The first-order chi connectivity index (χ1) is 13.6. The minimum absolute atomic E-state index is 0.341. The van der Waals surface area contributed by atoms with Crippen LogP contribution in [0, 0.1) is 0 Å². The van der Waals surface area contributed by atoms with Crippen molar-refractivity contribution in [2.45, 2.75) is 0 Å². The zero-order valence-corrected chi connectivity index (χ0v) is 16.3. The Bertz CT molecular complexity index is 1150.